The zero-order valence-electron chi connectivity index (χ0n) is 12.0. The highest BCUT2D eigenvalue weighted by Crippen LogP contribution is 2.58. The van der Waals surface area contributed by atoms with Gasteiger partial charge < -0.3 is 11.1 Å². The van der Waals surface area contributed by atoms with Gasteiger partial charge in [0, 0.05) is 18.0 Å². The van der Waals surface area contributed by atoms with Crippen molar-refractivity contribution in [1.29, 1.82) is 0 Å². The highest BCUT2D eigenvalue weighted by atomic mass is 35.5. The molecule has 0 heterocycles. The molecule has 3 nitrogen and oxygen atoms in total. The fourth-order valence-corrected chi connectivity index (χ4v) is 4.79. The SMILES string of the molecule is CC(N)C(C)C(=O)NC1CC2CC1C1CCCC21.Cl. The maximum atomic E-state index is 12.1. The predicted molar refractivity (Wildman–Crippen MR) is 79.0 cm³/mol. The van der Waals surface area contributed by atoms with E-state index < -0.39 is 0 Å². The molecule has 0 aliphatic heterocycles. The molecule has 0 aromatic rings. The van der Waals surface area contributed by atoms with E-state index in [9.17, 15) is 4.79 Å². The van der Waals surface area contributed by atoms with Gasteiger partial charge in [-0.1, -0.05) is 13.3 Å². The molecule has 0 aromatic heterocycles. The number of halogens is 1. The summed E-state index contributed by atoms with van der Waals surface area (Å²) in [5.41, 5.74) is 5.81. The first-order valence-electron chi connectivity index (χ1n) is 7.64. The Morgan fingerprint density at radius 2 is 1.84 bits per heavy atom. The van der Waals surface area contributed by atoms with Crippen LogP contribution in [-0.2, 0) is 4.79 Å². The molecule has 1 amide bonds. The van der Waals surface area contributed by atoms with Gasteiger partial charge in [-0.15, -0.1) is 12.4 Å². The van der Waals surface area contributed by atoms with Gasteiger partial charge in [0.15, 0.2) is 0 Å². The average molecular weight is 287 g/mol. The van der Waals surface area contributed by atoms with E-state index in [-0.39, 0.29) is 30.3 Å². The van der Waals surface area contributed by atoms with Crippen LogP contribution in [-0.4, -0.2) is 18.0 Å². The molecule has 3 fully saturated rings. The van der Waals surface area contributed by atoms with Gasteiger partial charge in [0.05, 0.1) is 0 Å². The van der Waals surface area contributed by atoms with E-state index in [2.05, 4.69) is 5.32 Å². The number of fused-ring (bicyclic) bond motifs is 5. The third-order valence-electron chi connectivity index (χ3n) is 5.96. The monoisotopic (exact) mass is 286 g/mol. The van der Waals surface area contributed by atoms with Gasteiger partial charge in [-0.2, -0.15) is 0 Å². The molecular weight excluding hydrogens is 260 g/mol. The fourth-order valence-electron chi connectivity index (χ4n) is 4.79. The Kier molecular flexibility index (Phi) is 4.46. The molecule has 7 atom stereocenters. The highest BCUT2D eigenvalue weighted by Gasteiger charge is 2.54. The minimum absolute atomic E-state index is 0. The van der Waals surface area contributed by atoms with Gasteiger partial charge in [-0.3, -0.25) is 4.79 Å². The molecule has 3 aliphatic carbocycles. The number of carbonyl (C=O) groups excluding carboxylic acids is 1. The van der Waals surface area contributed by atoms with Crippen molar-refractivity contribution in [3.05, 3.63) is 0 Å². The van der Waals surface area contributed by atoms with Crippen molar-refractivity contribution in [3.8, 4) is 0 Å². The molecule has 3 saturated carbocycles. The van der Waals surface area contributed by atoms with Crippen LogP contribution >= 0.6 is 12.4 Å². The van der Waals surface area contributed by atoms with Crippen LogP contribution in [0.4, 0.5) is 0 Å². The Labute approximate surface area is 122 Å². The molecular formula is C15H27ClN2O. The Balaban J connectivity index is 0.00000133. The van der Waals surface area contributed by atoms with Crippen molar-refractivity contribution in [2.24, 2.45) is 35.3 Å². The summed E-state index contributed by atoms with van der Waals surface area (Å²) in [6, 6.07) is 0.394. The first-order chi connectivity index (χ1) is 8.58. The molecule has 3 N–H and O–H groups in total. The summed E-state index contributed by atoms with van der Waals surface area (Å²) in [5, 5.41) is 3.29. The van der Waals surface area contributed by atoms with Crippen molar-refractivity contribution < 1.29 is 4.79 Å². The Hall–Kier alpha value is -0.280. The molecule has 7 unspecified atom stereocenters. The van der Waals surface area contributed by atoms with Gasteiger partial charge in [0.1, 0.15) is 0 Å². The molecule has 19 heavy (non-hydrogen) atoms. The number of hydrogen-bond acceptors (Lipinski definition) is 2. The van der Waals surface area contributed by atoms with Crippen molar-refractivity contribution in [2.75, 3.05) is 0 Å². The molecule has 0 saturated heterocycles. The average Bonchev–Trinajstić information content (AvgIpc) is 2.98. The summed E-state index contributed by atoms with van der Waals surface area (Å²) in [5.74, 6) is 3.68. The van der Waals surface area contributed by atoms with E-state index in [1.54, 1.807) is 0 Å². The van der Waals surface area contributed by atoms with Gasteiger partial charge in [0.25, 0.3) is 0 Å². The van der Waals surface area contributed by atoms with Crippen LogP contribution in [0, 0.1) is 29.6 Å². The van der Waals surface area contributed by atoms with Crippen LogP contribution in [0.3, 0.4) is 0 Å². The predicted octanol–water partition coefficient (Wildman–Crippen LogP) is 2.33. The largest absolute Gasteiger partial charge is 0.353 e. The number of hydrogen-bond donors (Lipinski definition) is 2. The fraction of sp³-hybridized carbons (Fsp3) is 0.933. The van der Waals surface area contributed by atoms with Crippen LogP contribution in [0.5, 0.6) is 0 Å². The summed E-state index contributed by atoms with van der Waals surface area (Å²) < 4.78 is 0. The summed E-state index contributed by atoms with van der Waals surface area (Å²) in [7, 11) is 0. The zero-order chi connectivity index (χ0) is 12.9. The van der Waals surface area contributed by atoms with E-state index in [1.807, 2.05) is 13.8 Å². The first-order valence-corrected chi connectivity index (χ1v) is 7.64. The minimum atomic E-state index is -0.0662. The van der Waals surface area contributed by atoms with E-state index in [4.69, 9.17) is 5.73 Å². The van der Waals surface area contributed by atoms with E-state index in [0.717, 1.165) is 23.7 Å². The van der Waals surface area contributed by atoms with Gasteiger partial charge in [-0.25, -0.2) is 0 Å². The zero-order valence-corrected chi connectivity index (χ0v) is 12.8. The molecule has 2 bridgehead atoms. The first kappa shape index (κ1) is 15.1. The molecule has 4 heteroatoms. The van der Waals surface area contributed by atoms with Crippen LogP contribution in [0.25, 0.3) is 0 Å². The lowest BCUT2D eigenvalue weighted by molar-refractivity contribution is -0.126. The molecule has 0 radical (unpaired) electrons. The standard InChI is InChI=1S/C15H26N2O.ClH/c1-8(9(2)16)15(18)17-14-7-10-6-13(14)12-5-3-4-11(10)12;/h8-14H,3-7,16H2,1-2H3,(H,17,18);1H. The lowest BCUT2D eigenvalue weighted by Gasteiger charge is -2.33. The second-order valence-corrected chi connectivity index (χ2v) is 6.92. The van der Waals surface area contributed by atoms with Crippen molar-refractivity contribution in [3.63, 3.8) is 0 Å². The molecule has 0 spiro atoms. The smallest absolute Gasteiger partial charge is 0.224 e. The van der Waals surface area contributed by atoms with Crippen LogP contribution in [0.15, 0.2) is 0 Å². The summed E-state index contributed by atoms with van der Waals surface area (Å²) in [6.07, 6.45) is 6.86. The topological polar surface area (TPSA) is 55.1 Å². The number of nitrogens with one attached hydrogen (secondary N) is 1. The summed E-state index contributed by atoms with van der Waals surface area (Å²) in [4.78, 5) is 12.1. The minimum Gasteiger partial charge on any atom is -0.353 e. The van der Waals surface area contributed by atoms with Crippen molar-refractivity contribution in [2.45, 2.75) is 58.0 Å². The van der Waals surface area contributed by atoms with E-state index in [0.29, 0.717) is 6.04 Å². The summed E-state index contributed by atoms with van der Waals surface area (Å²) in [6.45, 7) is 3.85. The number of carbonyl (C=O) groups is 1. The lowest BCUT2D eigenvalue weighted by Crippen LogP contribution is -2.47. The molecule has 110 valence electrons. The quantitative estimate of drug-likeness (QED) is 0.837. The maximum Gasteiger partial charge on any atom is 0.224 e. The van der Waals surface area contributed by atoms with Crippen molar-refractivity contribution in [1.82, 2.24) is 5.32 Å². The van der Waals surface area contributed by atoms with E-state index >= 15 is 0 Å². The van der Waals surface area contributed by atoms with Crippen molar-refractivity contribution >= 4 is 18.3 Å². The molecule has 0 aromatic carbocycles. The third kappa shape index (κ3) is 2.52. The second-order valence-electron chi connectivity index (χ2n) is 6.92. The van der Waals surface area contributed by atoms with E-state index in [1.165, 1.54) is 32.1 Å². The summed E-state index contributed by atoms with van der Waals surface area (Å²) >= 11 is 0. The third-order valence-corrected chi connectivity index (χ3v) is 5.96. The number of amides is 1. The normalized spacial score (nSPS) is 42.4. The highest BCUT2D eigenvalue weighted by molar-refractivity contribution is 5.85. The van der Waals surface area contributed by atoms with Gasteiger partial charge in [-0.05, 0) is 56.3 Å². The number of nitrogens with two attached hydrogens (primary N) is 1. The van der Waals surface area contributed by atoms with Gasteiger partial charge >= 0.3 is 0 Å². The molecule has 3 rings (SSSR count). The Bertz CT molecular complexity index is 347. The number of rotatable bonds is 3. The van der Waals surface area contributed by atoms with Gasteiger partial charge in [0.2, 0.25) is 5.91 Å². The Morgan fingerprint density at radius 1 is 1.16 bits per heavy atom. The van der Waals surface area contributed by atoms with Crippen LogP contribution in [0.1, 0.15) is 46.0 Å². The lowest BCUT2D eigenvalue weighted by atomic mass is 9.79. The maximum absolute atomic E-state index is 12.1. The van der Waals surface area contributed by atoms with Crippen LogP contribution < -0.4 is 11.1 Å². The second kappa shape index (κ2) is 5.61. The van der Waals surface area contributed by atoms with Crippen LogP contribution in [0.2, 0.25) is 0 Å². The molecule has 3 aliphatic rings. The Morgan fingerprint density at radius 3 is 2.53 bits per heavy atom.